The fourth-order valence-corrected chi connectivity index (χ4v) is 4.82. The summed E-state index contributed by atoms with van der Waals surface area (Å²) in [6, 6.07) is 22.5. The van der Waals surface area contributed by atoms with E-state index in [1.165, 1.54) is 4.90 Å². The molecule has 1 N–H and O–H groups in total. The summed E-state index contributed by atoms with van der Waals surface area (Å²) in [5.74, 6) is 0.406. The average Bonchev–Trinajstić information content (AvgIpc) is 2.96. The number of benzene rings is 3. The van der Waals surface area contributed by atoms with Gasteiger partial charge >= 0.3 is 0 Å². The second-order valence-electron chi connectivity index (χ2n) is 9.37. The molecule has 0 radical (unpaired) electrons. The van der Waals surface area contributed by atoms with Crippen LogP contribution in [0, 0.1) is 0 Å². The van der Waals surface area contributed by atoms with Crippen LogP contribution in [0.1, 0.15) is 31.4 Å². The van der Waals surface area contributed by atoms with Crippen LogP contribution in [0.2, 0.25) is 0 Å². The molecule has 0 saturated carbocycles. The number of sulfonamides is 1. The summed E-state index contributed by atoms with van der Waals surface area (Å²) < 4.78 is 37.6. The summed E-state index contributed by atoms with van der Waals surface area (Å²) in [6.45, 7) is 4.07. The molecule has 2 amide bonds. The Hall–Kier alpha value is -4.05. The van der Waals surface area contributed by atoms with Gasteiger partial charge in [-0.1, -0.05) is 49.4 Å². The van der Waals surface area contributed by atoms with Gasteiger partial charge in [0.15, 0.2) is 0 Å². The van der Waals surface area contributed by atoms with E-state index in [0.29, 0.717) is 30.3 Å². The third-order valence-electron chi connectivity index (χ3n) is 6.28. The minimum absolute atomic E-state index is 0.118. The first kappa shape index (κ1) is 30.5. The number of anilines is 1. The van der Waals surface area contributed by atoms with Crippen LogP contribution >= 0.6 is 0 Å². The SMILES string of the molecule is CCCNC(=O)[C@@H](C)N(Cc1ccc(OC)cc1)C(=O)CN(c1ccc(OCc2ccccc2)cc1)S(C)(=O)=O. The van der Waals surface area contributed by atoms with Crippen LogP contribution in [0.25, 0.3) is 0 Å². The minimum Gasteiger partial charge on any atom is -0.497 e. The Balaban J connectivity index is 1.81. The number of amides is 2. The zero-order valence-corrected chi connectivity index (χ0v) is 24.2. The number of hydrogen-bond donors (Lipinski definition) is 1. The lowest BCUT2D eigenvalue weighted by Crippen LogP contribution is -2.51. The van der Waals surface area contributed by atoms with E-state index in [4.69, 9.17) is 9.47 Å². The number of carbonyl (C=O) groups is 2. The van der Waals surface area contributed by atoms with E-state index >= 15 is 0 Å². The number of hydrogen-bond acceptors (Lipinski definition) is 6. The summed E-state index contributed by atoms with van der Waals surface area (Å²) in [5, 5.41) is 2.82. The largest absolute Gasteiger partial charge is 0.497 e. The molecule has 0 aliphatic carbocycles. The topological polar surface area (TPSA) is 105 Å². The Bertz CT molecular complexity index is 1350. The molecular formula is C30H37N3O6S. The van der Waals surface area contributed by atoms with Crippen LogP contribution in [0.5, 0.6) is 11.5 Å². The highest BCUT2D eigenvalue weighted by Gasteiger charge is 2.30. The first-order valence-electron chi connectivity index (χ1n) is 13.1. The van der Waals surface area contributed by atoms with Gasteiger partial charge in [-0.15, -0.1) is 0 Å². The first-order valence-corrected chi connectivity index (χ1v) is 14.9. The predicted octanol–water partition coefficient (Wildman–Crippen LogP) is 3.98. The molecule has 9 nitrogen and oxygen atoms in total. The molecule has 3 aromatic carbocycles. The Morgan fingerprint density at radius 3 is 2.10 bits per heavy atom. The second-order valence-corrected chi connectivity index (χ2v) is 11.3. The fourth-order valence-electron chi connectivity index (χ4n) is 3.97. The fraction of sp³-hybridized carbons (Fsp3) is 0.333. The molecule has 0 aliphatic heterocycles. The van der Waals surface area contributed by atoms with Crippen molar-refractivity contribution in [3.8, 4) is 11.5 Å². The number of carbonyl (C=O) groups excluding carboxylic acids is 2. The minimum atomic E-state index is -3.83. The summed E-state index contributed by atoms with van der Waals surface area (Å²) in [5.41, 5.74) is 2.09. The number of ether oxygens (including phenoxy) is 2. The van der Waals surface area contributed by atoms with Gasteiger partial charge in [-0.2, -0.15) is 0 Å². The molecule has 3 rings (SSSR count). The molecule has 0 aromatic heterocycles. The van der Waals surface area contributed by atoms with E-state index in [1.54, 1.807) is 62.6 Å². The molecule has 40 heavy (non-hydrogen) atoms. The van der Waals surface area contributed by atoms with Gasteiger partial charge < -0.3 is 19.7 Å². The van der Waals surface area contributed by atoms with E-state index in [2.05, 4.69) is 5.32 Å². The van der Waals surface area contributed by atoms with Crippen molar-refractivity contribution in [2.75, 3.05) is 30.8 Å². The normalized spacial score (nSPS) is 11.8. The zero-order chi connectivity index (χ0) is 29.1. The second kappa shape index (κ2) is 14.4. The number of nitrogens with zero attached hydrogens (tertiary/aromatic N) is 2. The highest BCUT2D eigenvalue weighted by molar-refractivity contribution is 7.92. The molecule has 0 saturated heterocycles. The molecule has 0 fully saturated rings. The third kappa shape index (κ3) is 8.74. The van der Waals surface area contributed by atoms with Crippen molar-refractivity contribution in [1.29, 1.82) is 0 Å². The lowest BCUT2D eigenvalue weighted by molar-refractivity contribution is -0.139. The quantitative estimate of drug-likeness (QED) is 0.316. The van der Waals surface area contributed by atoms with Crippen molar-refractivity contribution in [2.45, 2.75) is 39.5 Å². The van der Waals surface area contributed by atoms with E-state index < -0.39 is 28.5 Å². The Kier molecular flexibility index (Phi) is 11.0. The van der Waals surface area contributed by atoms with Crippen LogP contribution < -0.4 is 19.1 Å². The highest BCUT2D eigenvalue weighted by Crippen LogP contribution is 2.23. The monoisotopic (exact) mass is 567 g/mol. The lowest BCUT2D eigenvalue weighted by atomic mass is 10.1. The molecule has 0 unspecified atom stereocenters. The summed E-state index contributed by atoms with van der Waals surface area (Å²) in [6.07, 6.45) is 1.79. The Morgan fingerprint density at radius 2 is 1.52 bits per heavy atom. The third-order valence-corrected chi connectivity index (χ3v) is 7.42. The standard InChI is InChI=1S/C30H37N3O6S/c1-5-19-31-30(35)23(2)32(20-24-11-15-27(38-3)16-12-24)29(34)21-33(40(4,36)37)26-13-17-28(18-14-26)39-22-25-9-7-6-8-10-25/h6-18,23H,5,19-22H2,1-4H3,(H,31,35)/t23-/m1/s1. The maximum atomic E-state index is 13.6. The molecule has 0 spiro atoms. The van der Waals surface area contributed by atoms with Gasteiger partial charge in [0.2, 0.25) is 21.8 Å². The van der Waals surface area contributed by atoms with E-state index in [9.17, 15) is 18.0 Å². The summed E-state index contributed by atoms with van der Waals surface area (Å²) in [7, 11) is -2.27. The average molecular weight is 568 g/mol. The van der Waals surface area contributed by atoms with Gasteiger partial charge in [0.25, 0.3) is 0 Å². The predicted molar refractivity (Wildman–Crippen MR) is 156 cm³/mol. The van der Waals surface area contributed by atoms with Gasteiger partial charge in [-0.25, -0.2) is 8.42 Å². The van der Waals surface area contributed by atoms with E-state index in [1.807, 2.05) is 37.3 Å². The molecule has 0 heterocycles. The van der Waals surface area contributed by atoms with Crippen molar-refractivity contribution in [3.05, 3.63) is 90.0 Å². The number of rotatable bonds is 14. The summed E-state index contributed by atoms with van der Waals surface area (Å²) in [4.78, 5) is 27.9. The van der Waals surface area contributed by atoms with Crippen molar-refractivity contribution in [2.24, 2.45) is 0 Å². The van der Waals surface area contributed by atoms with Gasteiger partial charge in [0, 0.05) is 13.1 Å². The molecule has 214 valence electrons. The van der Waals surface area contributed by atoms with E-state index in [0.717, 1.165) is 28.1 Å². The summed E-state index contributed by atoms with van der Waals surface area (Å²) >= 11 is 0. The number of methoxy groups -OCH3 is 1. The van der Waals surface area contributed by atoms with Crippen LogP contribution in [-0.4, -0.2) is 57.6 Å². The molecule has 0 bridgehead atoms. The first-order chi connectivity index (χ1) is 19.1. The van der Waals surface area contributed by atoms with Crippen molar-refractivity contribution in [3.63, 3.8) is 0 Å². The molecule has 3 aromatic rings. The lowest BCUT2D eigenvalue weighted by Gasteiger charge is -2.31. The van der Waals surface area contributed by atoms with Gasteiger partial charge in [-0.3, -0.25) is 13.9 Å². The van der Waals surface area contributed by atoms with E-state index in [-0.39, 0.29) is 12.5 Å². The van der Waals surface area contributed by atoms with Gasteiger partial charge in [0.1, 0.15) is 30.7 Å². The molecule has 10 heteroatoms. The van der Waals surface area contributed by atoms with Gasteiger partial charge in [-0.05, 0) is 60.9 Å². The van der Waals surface area contributed by atoms with Crippen molar-refractivity contribution >= 4 is 27.5 Å². The van der Waals surface area contributed by atoms with Gasteiger partial charge in [0.05, 0.1) is 19.1 Å². The molecular weight excluding hydrogens is 530 g/mol. The smallest absolute Gasteiger partial charge is 0.244 e. The maximum Gasteiger partial charge on any atom is 0.244 e. The maximum absolute atomic E-state index is 13.6. The van der Waals surface area contributed by atoms with Crippen molar-refractivity contribution < 1.29 is 27.5 Å². The molecule has 1 atom stereocenters. The number of nitrogens with one attached hydrogen (secondary N) is 1. The highest BCUT2D eigenvalue weighted by atomic mass is 32.2. The zero-order valence-electron chi connectivity index (χ0n) is 23.4. The Labute approximate surface area is 236 Å². The van der Waals surface area contributed by atoms with Crippen molar-refractivity contribution in [1.82, 2.24) is 10.2 Å². The molecule has 0 aliphatic rings. The van der Waals surface area contributed by atoms with Crippen LogP contribution in [-0.2, 0) is 32.8 Å². The van der Waals surface area contributed by atoms with Crippen LogP contribution in [0.3, 0.4) is 0 Å². The Morgan fingerprint density at radius 1 is 0.900 bits per heavy atom. The van der Waals surface area contributed by atoms with Crippen LogP contribution in [0.15, 0.2) is 78.9 Å². The van der Waals surface area contributed by atoms with Crippen LogP contribution in [0.4, 0.5) is 5.69 Å².